The maximum Gasteiger partial charge on any atom is 0.323 e. The summed E-state index contributed by atoms with van der Waals surface area (Å²) in [7, 11) is 0. The first-order chi connectivity index (χ1) is 8.00. The van der Waals surface area contributed by atoms with Gasteiger partial charge in [-0.25, -0.2) is 0 Å². The summed E-state index contributed by atoms with van der Waals surface area (Å²) in [5.74, 6) is -0.567. The van der Waals surface area contributed by atoms with Gasteiger partial charge in [0.15, 0.2) is 5.41 Å². The summed E-state index contributed by atoms with van der Waals surface area (Å²) in [5, 5.41) is 10.7. The third-order valence-corrected chi connectivity index (χ3v) is 2.58. The first-order valence-corrected chi connectivity index (χ1v) is 5.35. The lowest BCUT2D eigenvalue weighted by atomic mass is 9.82. The van der Waals surface area contributed by atoms with E-state index in [9.17, 15) is 14.9 Å². The number of carbonyl (C=O) groups excluding carboxylic acids is 1. The zero-order valence-electron chi connectivity index (χ0n) is 9.88. The molecule has 0 saturated carbocycles. The molecule has 1 atom stereocenters. The number of benzene rings is 1. The molecule has 1 aromatic rings. The van der Waals surface area contributed by atoms with Crippen molar-refractivity contribution in [2.75, 3.05) is 13.2 Å². The average molecular weight is 237 g/mol. The van der Waals surface area contributed by atoms with Crippen molar-refractivity contribution in [3.63, 3.8) is 0 Å². The molecule has 0 aromatic heterocycles. The van der Waals surface area contributed by atoms with Crippen LogP contribution in [0, 0.1) is 10.1 Å². The quantitative estimate of drug-likeness (QED) is 0.444. The molecule has 0 aliphatic carbocycles. The predicted molar refractivity (Wildman–Crippen MR) is 62.3 cm³/mol. The SMILES string of the molecule is CCOC(=O)C(C)(C[N+](=O)[O-])c1ccccc1. The summed E-state index contributed by atoms with van der Waals surface area (Å²) >= 11 is 0. The number of carbonyl (C=O) groups is 1. The maximum atomic E-state index is 11.9. The van der Waals surface area contributed by atoms with Gasteiger partial charge in [-0.1, -0.05) is 30.3 Å². The van der Waals surface area contributed by atoms with Crippen molar-refractivity contribution in [3.8, 4) is 0 Å². The fraction of sp³-hybridized carbons (Fsp3) is 0.417. The molecule has 0 aliphatic rings. The fourth-order valence-corrected chi connectivity index (χ4v) is 1.63. The molecule has 0 saturated heterocycles. The molecular formula is C12H15NO4. The molecule has 0 fully saturated rings. The Labute approximate surface area is 99.5 Å². The Kier molecular flexibility index (Phi) is 4.20. The van der Waals surface area contributed by atoms with Gasteiger partial charge in [0.05, 0.1) is 6.61 Å². The van der Waals surface area contributed by atoms with Gasteiger partial charge in [0.1, 0.15) is 0 Å². The van der Waals surface area contributed by atoms with Gasteiger partial charge in [0, 0.05) is 4.92 Å². The molecule has 17 heavy (non-hydrogen) atoms. The van der Waals surface area contributed by atoms with Crippen molar-refractivity contribution >= 4 is 5.97 Å². The highest BCUT2D eigenvalue weighted by atomic mass is 16.6. The molecule has 0 bridgehead atoms. The molecule has 1 aromatic carbocycles. The van der Waals surface area contributed by atoms with Crippen molar-refractivity contribution in [3.05, 3.63) is 46.0 Å². The Bertz CT molecular complexity index is 404. The topological polar surface area (TPSA) is 69.4 Å². The van der Waals surface area contributed by atoms with Crippen LogP contribution in [0.4, 0.5) is 0 Å². The summed E-state index contributed by atoms with van der Waals surface area (Å²) in [6.07, 6.45) is 0. The largest absolute Gasteiger partial charge is 0.465 e. The van der Waals surface area contributed by atoms with Gasteiger partial charge in [-0.15, -0.1) is 0 Å². The van der Waals surface area contributed by atoms with Gasteiger partial charge < -0.3 is 4.74 Å². The smallest absolute Gasteiger partial charge is 0.323 e. The minimum atomic E-state index is -1.24. The lowest BCUT2D eigenvalue weighted by molar-refractivity contribution is -0.488. The molecule has 0 aliphatic heterocycles. The summed E-state index contributed by atoms with van der Waals surface area (Å²) in [4.78, 5) is 22.1. The summed E-state index contributed by atoms with van der Waals surface area (Å²) in [6.45, 7) is 2.94. The van der Waals surface area contributed by atoms with E-state index in [0.29, 0.717) is 5.56 Å². The molecule has 0 N–H and O–H groups in total. The maximum absolute atomic E-state index is 11.9. The van der Waals surface area contributed by atoms with Crippen LogP contribution >= 0.6 is 0 Å². The second kappa shape index (κ2) is 5.43. The van der Waals surface area contributed by atoms with Crippen LogP contribution in [0.15, 0.2) is 30.3 Å². The second-order valence-electron chi connectivity index (χ2n) is 3.91. The summed E-state index contributed by atoms with van der Waals surface area (Å²) in [5.41, 5.74) is -0.643. The Morgan fingerprint density at radius 2 is 2.00 bits per heavy atom. The normalized spacial score (nSPS) is 13.8. The minimum absolute atomic E-state index is 0.207. The van der Waals surface area contributed by atoms with Crippen LogP contribution in [0.25, 0.3) is 0 Å². The molecule has 5 heteroatoms. The number of hydrogen-bond donors (Lipinski definition) is 0. The molecule has 0 amide bonds. The number of ether oxygens (including phenoxy) is 1. The van der Waals surface area contributed by atoms with E-state index in [-0.39, 0.29) is 6.61 Å². The number of nitro groups is 1. The number of nitrogens with zero attached hydrogens (tertiary/aromatic N) is 1. The predicted octanol–water partition coefficient (Wildman–Crippen LogP) is 1.78. The van der Waals surface area contributed by atoms with Crippen molar-refractivity contribution in [2.24, 2.45) is 0 Å². The van der Waals surface area contributed by atoms with Gasteiger partial charge in [-0.2, -0.15) is 0 Å². The molecule has 5 nitrogen and oxygen atoms in total. The van der Waals surface area contributed by atoms with Crippen molar-refractivity contribution in [1.29, 1.82) is 0 Å². The Balaban J connectivity index is 3.10. The van der Waals surface area contributed by atoms with Crippen LogP contribution in [0.1, 0.15) is 19.4 Å². The van der Waals surface area contributed by atoms with E-state index in [0.717, 1.165) is 0 Å². The number of rotatable bonds is 5. The molecule has 92 valence electrons. The molecule has 0 radical (unpaired) electrons. The molecule has 0 spiro atoms. The number of hydrogen-bond acceptors (Lipinski definition) is 4. The van der Waals surface area contributed by atoms with E-state index >= 15 is 0 Å². The second-order valence-corrected chi connectivity index (χ2v) is 3.91. The van der Waals surface area contributed by atoms with E-state index < -0.39 is 22.9 Å². The van der Waals surface area contributed by atoms with Crippen molar-refractivity contribution < 1.29 is 14.5 Å². The van der Waals surface area contributed by atoms with Gasteiger partial charge in [0.2, 0.25) is 6.54 Å². The van der Waals surface area contributed by atoms with Crippen molar-refractivity contribution in [1.82, 2.24) is 0 Å². The van der Waals surface area contributed by atoms with E-state index in [1.807, 2.05) is 0 Å². The summed E-state index contributed by atoms with van der Waals surface area (Å²) in [6, 6.07) is 8.67. The third-order valence-electron chi connectivity index (χ3n) is 2.58. The van der Waals surface area contributed by atoms with Gasteiger partial charge in [-0.05, 0) is 19.4 Å². The van der Waals surface area contributed by atoms with Gasteiger partial charge >= 0.3 is 5.97 Å². The van der Waals surface area contributed by atoms with Crippen LogP contribution in [0.5, 0.6) is 0 Å². The van der Waals surface area contributed by atoms with Crippen molar-refractivity contribution in [2.45, 2.75) is 19.3 Å². The van der Waals surface area contributed by atoms with E-state index in [1.165, 1.54) is 6.92 Å². The molecule has 1 unspecified atom stereocenters. The van der Waals surface area contributed by atoms with Crippen LogP contribution in [-0.4, -0.2) is 24.0 Å². The molecule has 0 heterocycles. The fourth-order valence-electron chi connectivity index (χ4n) is 1.63. The zero-order chi connectivity index (χ0) is 12.9. The highest BCUT2D eigenvalue weighted by molar-refractivity contribution is 5.82. The van der Waals surface area contributed by atoms with Crippen LogP contribution in [0.3, 0.4) is 0 Å². The Morgan fingerprint density at radius 3 is 2.47 bits per heavy atom. The number of esters is 1. The highest BCUT2D eigenvalue weighted by Crippen LogP contribution is 2.25. The van der Waals surface area contributed by atoms with Crippen LogP contribution in [0.2, 0.25) is 0 Å². The lowest BCUT2D eigenvalue weighted by Gasteiger charge is -2.23. The highest BCUT2D eigenvalue weighted by Gasteiger charge is 2.41. The van der Waals surface area contributed by atoms with Crippen LogP contribution in [-0.2, 0) is 14.9 Å². The van der Waals surface area contributed by atoms with E-state index in [2.05, 4.69) is 0 Å². The average Bonchev–Trinajstić information content (AvgIpc) is 2.29. The molecule has 1 rings (SSSR count). The zero-order valence-corrected chi connectivity index (χ0v) is 9.88. The van der Waals surface area contributed by atoms with Gasteiger partial charge in [0.25, 0.3) is 0 Å². The van der Waals surface area contributed by atoms with Crippen LogP contribution < -0.4 is 0 Å². The minimum Gasteiger partial charge on any atom is -0.465 e. The third kappa shape index (κ3) is 3.03. The standard InChI is InChI=1S/C12H15NO4/c1-3-17-11(14)12(2,9-13(15)16)10-7-5-4-6-8-10/h4-8H,3,9H2,1-2H3. The lowest BCUT2D eigenvalue weighted by Crippen LogP contribution is -2.40. The first-order valence-electron chi connectivity index (χ1n) is 5.35. The monoisotopic (exact) mass is 237 g/mol. The van der Waals surface area contributed by atoms with E-state index in [1.54, 1.807) is 37.3 Å². The first kappa shape index (κ1) is 13.2. The van der Waals surface area contributed by atoms with Gasteiger partial charge in [-0.3, -0.25) is 14.9 Å². The van der Waals surface area contributed by atoms with E-state index in [4.69, 9.17) is 4.74 Å². The molecular weight excluding hydrogens is 222 g/mol. The Morgan fingerprint density at radius 1 is 1.41 bits per heavy atom. The summed E-state index contributed by atoms with van der Waals surface area (Å²) < 4.78 is 4.92. The Hall–Kier alpha value is -1.91.